The first kappa shape index (κ1) is 17.3. The fourth-order valence-corrected chi connectivity index (χ4v) is 2.51. The lowest BCUT2D eigenvalue weighted by Crippen LogP contribution is -2.50. The maximum Gasteiger partial charge on any atom is 0.413 e. The second-order valence-corrected chi connectivity index (χ2v) is 6.54. The molecule has 1 amide bonds. The van der Waals surface area contributed by atoms with E-state index in [1.54, 1.807) is 0 Å². The summed E-state index contributed by atoms with van der Waals surface area (Å²) in [5.41, 5.74) is 0.525. The van der Waals surface area contributed by atoms with Gasteiger partial charge in [0, 0.05) is 5.41 Å². The highest BCUT2D eigenvalue weighted by Crippen LogP contribution is 2.32. The van der Waals surface area contributed by atoms with E-state index in [1.165, 1.54) is 12.0 Å². The normalized spacial score (nSPS) is 21.1. The SMILES string of the molecule is COC(=O)[C@H]1CO[C@@H](C(C)(C)C)N1C(=O)OCc1ccccc1. The number of amides is 1. The van der Waals surface area contributed by atoms with Crippen molar-refractivity contribution in [3.05, 3.63) is 35.9 Å². The maximum atomic E-state index is 12.5. The van der Waals surface area contributed by atoms with Crippen LogP contribution in [-0.2, 0) is 25.6 Å². The molecule has 1 saturated heterocycles. The van der Waals surface area contributed by atoms with Crippen molar-refractivity contribution in [2.45, 2.75) is 39.6 Å². The highest BCUT2D eigenvalue weighted by atomic mass is 16.6. The van der Waals surface area contributed by atoms with Crippen LogP contribution in [0.2, 0.25) is 0 Å². The minimum atomic E-state index is -0.785. The van der Waals surface area contributed by atoms with Gasteiger partial charge in [0.2, 0.25) is 0 Å². The van der Waals surface area contributed by atoms with Gasteiger partial charge in [0.25, 0.3) is 0 Å². The molecule has 0 aromatic heterocycles. The third-order valence-electron chi connectivity index (χ3n) is 3.63. The number of rotatable bonds is 3. The van der Waals surface area contributed by atoms with Gasteiger partial charge in [-0.3, -0.25) is 4.90 Å². The summed E-state index contributed by atoms with van der Waals surface area (Å²) in [5, 5.41) is 0. The molecule has 1 aliphatic heterocycles. The molecular weight excluding hydrogens is 298 g/mol. The van der Waals surface area contributed by atoms with E-state index in [0.717, 1.165) is 5.56 Å². The van der Waals surface area contributed by atoms with Gasteiger partial charge < -0.3 is 14.2 Å². The Balaban J connectivity index is 2.12. The first-order chi connectivity index (χ1) is 10.8. The number of nitrogens with zero attached hydrogens (tertiary/aromatic N) is 1. The van der Waals surface area contributed by atoms with Crippen molar-refractivity contribution in [3.63, 3.8) is 0 Å². The molecule has 126 valence electrons. The number of hydrogen-bond donors (Lipinski definition) is 0. The molecule has 2 rings (SSSR count). The number of methoxy groups -OCH3 is 1. The summed E-state index contributed by atoms with van der Waals surface area (Å²) in [4.78, 5) is 25.8. The van der Waals surface area contributed by atoms with Crippen molar-refractivity contribution in [2.24, 2.45) is 5.41 Å². The zero-order valence-electron chi connectivity index (χ0n) is 13.9. The number of ether oxygens (including phenoxy) is 3. The van der Waals surface area contributed by atoms with Crippen LogP contribution in [0.15, 0.2) is 30.3 Å². The van der Waals surface area contributed by atoms with E-state index in [-0.39, 0.29) is 18.6 Å². The van der Waals surface area contributed by atoms with E-state index in [1.807, 2.05) is 51.1 Å². The van der Waals surface area contributed by atoms with Crippen LogP contribution in [0, 0.1) is 5.41 Å². The van der Waals surface area contributed by atoms with Gasteiger partial charge in [-0.15, -0.1) is 0 Å². The number of carbonyl (C=O) groups excluding carboxylic acids is 2. The second-order valence-electron chi connectivity index (χ2n) is 6.54. The first-order valence-electron chi connectivity index (χ1n) is 7.53. The molecule has 0 spiro atoms. The smallest absolute Gasteiger partial charge is 0.413 e. The molecule has 6 heteroatoms. The topological polar surface area (TPSA) is 65.1 Å². The first-order valence-corrected chi connectivity index (χ1v) is 7.53. The molecule has 1 aliphatic rings. The predicted octanol–water partition coefficient (Wildman–Crippen LogP) is 2.57. The van der Waals surface area contributed by atoms with Gasteiger partial charge in [-0.2, -0.15) is 0 Å². The molecule has 0 bridgehead atoms. The lowest BCUT2D eigenvalue weighted by Gasteiger charge is -2.34. The molecule has 23 heavy (non-hydrogen) atoms. The lowest BCUT2D eigenvalue weighted by molar-refractivity contribution is -0.145. The van der Waals surface area contributed by atoms with Crippen LogP contribution in [0.5, 0.6) is 0 Å². The maximum absolute atomic E-state index is 12.5. The Morgan fingerprint density at radius 2 is 1.91 bits per heavy atom. The number of hydrogen-bond acceptors (Lipinski definition) is 5. The molecule has 2 atom stereocenters. The number of esters is 1. The summed E-state index contributed by atoms with van der Waals surface area (Å²) in [7, 11) is 1.29. The average Bonchev–Trinajstić information content (AvgIpc) is 2.98. The van der Waals surface area contributed by atoms with Crippen molar-refractivity contribution in [2.75, 3.05) is 13.7 Å². The van der Waals surface area contributed by atoms with Gasteiger partial charge in [-0.05, 0) is 5.56 Å². The molecule has 0 unspecified atom stereocenters. The van der Waals surface area contributed by atoms with Crippen LogP contribution in [0.1, 0.15) is 26.3 Å². The quantitative estimate of drug-likeness (QED) is 0.801. The summed E-state index contributed by atoms with van der Waals surface area (Å²) in [6, 6.07) is 8.59. The molecule has 1 fully saturated rings. The molecule has 0 saturated carbocycles. The number of benzene rings is 1. The third-order valence-corrected chi connectivity index (χ3v) is 3.63. The predicted molar refractivity (Wildman–Crippen MR) is 83.5 cm³/mol. The molecular formula is C17H23NO5. The Morgan fingerprint density at radius 1 is 1.26 bits per heavy atom. The molecule has 6 nitrogen and oxygen atoms in total. The Bertz CT molecular complexity index is 552. The average molecular weight is 321 g/mol. The van der Waals surface area contributed by atoms with Crippen LogP contribution < -0.4 is 0 Å². The van der Waals surface area contributed by atoms with Gasteiger partial charge in [0.15, 0.2) is 6.04 Å². The monoisotopic (exact) mass is 321 g/mol. The molecule has 1 aromatic rings. The Kier molecular flexibility index (Phi) is 5.26. The van der Waals surface area contributed by atoms with Crippen LogP contribution >= 0.6 is 0 Å². The van der Waals surface area contributed by atoms with Gasteiger partial charge >= 0.3 is 12.1 Å². The summed E-state index contributed by atoms with van der Waals surface area (Å²) in [6.45, 7) is 6.06. The van der Waals surface area contributed by atoms with Gasteiger partial charge in [0.1, 0.15) is 12.8 Å². The molecule has 1 aromatic carbocycles. The Morgan fingerprint density at radius 3 is 2.48 bits per heavy atom. The van der Waals surface area contributed by atoms with E-state index in [0.29, 0.717) is 0 Å². The third kappa shape index (κ3) is 4.01. The van der Waals surface area contributed by atoms with Gasteiger partial charge in [-0.1, -0.05) is 51.1 Å². The van der Waals surface area contributed by atoms with Crippen molar-refractivity contribution in [1.82, 2.24) is 4.90 Å². The van der Waals surface area contributed by atoms with Crippen molar-refractivity contribution < 1.29 is 23.8 Å². The van der Waals surface area contributed by atoms with Crippen LogP contribution in [-0.4, -0.2) is 42.9 Å². The second kappa shape index (κ2) is 7.00. The van der Waals surface area contributed by atoms with Gasteiger partial charge in [0.05, 0.1) is 13.7 Å². The molecule has 0 N–H and O–H groups in total. The summed E-state index contributed by atoms with van der Waals surface area (Å²) < 4.78 is 15.8. The Labute approximate surface area is 136 Å². The van der Waals surface area contributed by atoms with Crippen molar-refractivity contribution >= 4 is 12.1 Å². The van der Waals surface area contributed by atoms with E-state index < -0.39 is 24.3 Å². The van der Waals surface area contributed by atoms with Crippen molar-refractivity contribution in [1.29, 1.82) is 0 Å². The molecule has 1 heterocycles. The van der Waals surface area contributed by atoms with Crippen molar-refractivity contribution in [3.8, 4) is 0 Å². The standard InChI is InChI=1S/C17H23NO5/c1-17(2,3)15-18(13(11-22-15)14(19)21-4)16(20)23-10-12-8-6-5-7-9-12/h5-9,13,15H,10-11H2,1-4H3/t13-,15+/m1/s1. The zero-order chi connectivity index (χ0) is 17.0. The summed E-state index contributed by atoms with van der Waals surface area (Å²) in [5.74, 6) is -0.506. The van der Waals surface area contributed by atoms with Crippen LogP contribution in [0.3, 0.4) is 0 Å². The fourth-order valence-electron chi connectivity index (χ4n) is 2.51. The lowest BCUT2D eigenvalue weighted by atomic mass is 9.93. The van der Waals surface area contributed by atoms with Crippen LogP contribution in [0.25, 0.3) is 0 Å². The van der Waals surface area contributed by atoms with E-state index in [4.69, 9.17) is 14.2 Å². The largest absolute Gasteiger partial charge is 0.467 e. The zero-order valence-corrected chi connectivity index (χ0v) is 13.9. The summed E-state index contributed by atoms with van der Waals surface area (Å²) in [6.07, 6.45) is -1.13. The minimum Gasteiger partial charge on any atom is -0.467 e. The fraction of sp³-hybridized carbons (Fsp3) is 0.529. The minimum absolute atomic E-state index is 0.106. The molecule has 0 radical (unpaired) electrons. The number of carbonyl (C=O) groups is 2. The molecule has 0 aliphatic carbocycles. The van der Waals surface area contributed by atoms with Gasteiger partial charge in [-0.25, -0.2) is 9.59 Å². The van der Waals surface area contributed by atoms with E-state index >= 15 is 0 Å². The highest BCUT2D eigenvalue weighted by Gasteiger charge is 2.48. The van der Waals surface area contributed by atoms with E-state index in [9.17, 15) is 9.59 Å². The summed E-state index contributed by atoms with van der Waals surface area (Å²) >= 11 is 0. The van der Waals surface area contributed by atoms with E-state index in [2.05, 4.69) is 0 Å². The Hall–Kier alpha value is -2.08. The van der Waals surface area contributed by atoms with Crippen LogP contribution in [0.4, 0.5) is 4.79 Å². The highest BCUT2D eigenvalue weighted by molar-refractivity contribution is 5.82.